The Bertz CT molecular complexity index is 394. The Kier molecular flexibility index (Phi) is 3.19. The van der Waals surface area contributed by atoms with Gasteiger partial charge in [0, 0.05) is 12.1 Å². The van der Waals surface area contributed by atoms with Gasteiger partial charge in [0.15, 0.2) is 0 Å². The van der Waals surface area contributed by atoms with Crippen LogP contribution in [0, 0.1) is 0 Å². The number of amides is 2. The van der Waals surface area contributed by atoms with Crippen LogP contribution in [0.5, 0.6) is 0 Å². The van der Waals surface area contributed by atoms with Crippen LogP contribution in [0.1, 0.15) is 19.3 Å². The van der Waals surface area contributed by atoms with Crippen LogP contribution in [0.15, 0.2) is 36.1 Å². The molecule has 0 aromatic heterocycles. The smallest absolute Gasteiger partial charge is 0.249 e. The molecule has 2 aliphatic rings. The standard InChI is InChI=1S/C12H14N2O2/c15-11-8-7-10(12(16)14-11)13-9-5-3-1-2-4-6-9/h1,3-6,10,13H,2,7-8H2,(H,14,15,16)/t10-/m1/s1. The fourth-order valence-corrected chi connectivity index (χ4v) is 1.71. The first-order chi connectivity index (χ1) is 7.75. The summed E-state index contributed by atoms with van der Waals surface area (Å²) >= 11 is 0. The molecule has 1 saturated heterocycles. The summed E-state index contributed by atoms with van der Waals surface area (Å²) in [4.78, 5) is 22.5. The summed E-state index contributed by atoms with van der Waals surface area (Å²) in [6.07, 6.45) is 11.7. The molecule has 2 rings (SSSR count). The molecule has 1 aliphatic carbocycles. The molecule has 0 radical (unpaired) electrons. The molecule has 1 atom stereocenters. The van der Waals surface area contributed by atoms with E-state index < -0.39 is 0 Å². The highest BCUT2D eigenvalue weighted by atomic mass is 16.2. The lowest BCUT2D eigenvalue weighted by Crippen LogP contribution is -2.50. The van der Waals surface area contributed by atoms with E-state index in [0.717, 1.165) is 12.1 Å². The molecule has 0 unspecified atom stereocenters. The first kappa shape index (κ1) is 10.7. The molecule has 16 heavy (non-hydrogen) atoms. The third kappa shape index (κ3) is 2.59. The van der Waals surface area contributed by atoms with E-state index in [2.05, 4.69) is 10.6 Å². The molecule has 84 valence electrons. The molecular weight excluding hydrogens is 204 g/mol. The monoisotopic (exact) mass is 218 g/mol. The van der Waals surface area contributed by atoms with Gasteiger partial charge in [-0.2, -0.15) is 0 Å². The van der Waals surface area contributed by atoms with Gasteiger partial charge in [0.25, 0.3) is 0 Å². The second kappa shape index (κ2) is 4.79. The normalized spacial score (nSPS) is 24.8. The van der Waals surface area contributed by atoms with Crippen LogP contribution in [-0.2, 0) is 9.59 Å². The van der Waals surface area contributed by atoms with E-state index in [1.54, 1.807) is 0 Å². The highest BCUT2D eigenvalue weighted by Gasteiger charge is 2.26. The number of carbonyl (C=O) groups excluding carboxylic acids is 2. The van der Waals surface area contributed by atoms with Gasteiger partial charge in [-0.1, -0.05) is 18.2 Å². The molecule has 0 bridgehead atoms. The molecule has 0 aromatic rings. The first-order valence-electron chi connectivity index (χ1n) is 5.39. The number of hydrogen-bond donors (Lipinski definition) is 2. The van der Waals surface area contributed by atoms with Gasteiger partial charge in [-0.3, -0.25) is 14.9 Å². The van der Waals surface area contributed by atoms with E-state index >= 15 is 0 Å². The number of imide groups is 1. The maximum absolute atomic E-state index is 11.5. The van der Waals surface area contributed by atoms with Gasteiger partial charge in [0.1, 0.15) is 6.04 Å². The zero-order chi connectivity index (χ0) is 11.4. The quantitative estimate of drug-likeness (QED) is 0.673. The lowest BCUT2D eigenvalue weighted by molar-refractivity contribution is -0.134. The van der Waals surface area contributed by atoms with Gasteiger partial charge in [-0.15, -0.1) is 0 Å². The Labute approximate surface area is 94.1 Å². The van der Waals surface area contributed by atoms with Crippen LogP contribution in [0.4, 0.5) is 0 Å². The van der Waals surface area contributed by atoms with Crippen molar-refractivity contribution in [3.63, 3.8) is 0 Å². The third-order valence-corrected chi connectivity index (χ3v) is 2.56. The second-order valence-corrected chi connectivity index (χ2v) is 3.84. The molecule has 4 heteroatoms. The molecule has 1 aliphatic heterocycles. The molecule has 1 heterocycles. The van der Waals surface area contributed by atoms with Crippen molar-refractivity contribution >= 4 is 11.8 Å². The lowest BCUT2D eigenvalue weighted by atomic mass is 10.1. The predicted octanol–water partition coefficient (Wildman–Crippen LogP) is 0.781. The van der Waals surface area contributed by atoms with Crippen molar-refractivity contribution < 1.29 is 9.59 Å². The van der Waals surface area contributed by atoms with Gasteiger partial charge < -0.3 is 5.32 Å². The van der Waals surface area contributed by atoms with E-state index in [9.17, 15) is 9.59 Å². The second-order valence-electron chi connectivity index (χ2n) is 3.84. The Morgan fingerprint density at radius 1 is 1.31 bits per heavy atom. The molecular formula is C12H14N2O2. The van der Waals surface area contributed by atoms with Crippen LogP contribution >= 0.6 is 0 Å². The largest absolute Gasteiger partial charge is 0.374 e. The van der Waals surface area contributed by atoms with E-state index in [4.69, 9.17) is 0 Å². The minimum Gasteiger partial charge on any atom is -0.374 e. The van der Waals surface area contributed by atoms with Gasteiger partial charge in [-0.05, 0) is 25.0 Å². The minimum atomic E-state index is -0.305. The molecule has 0 spiro atoms. The SMILES string of the molecule is O=C1CC[C@@H](NC2=CC=CCC=C2)C(=O)N1. The zero-order valence-electron chi connectivity index (χ0n) is 8.90. The Hall–Kier alpha value is -1.84. The van der Waals surface area contributed by atoms with Crippen molar-refractivity contribution in [2.75, 3.05) is 0 Å². The molecule has 0 saturated carbocycles. The van der Waals surface area contributed by atoms with E-state index in [0.29, 0.717) is 12.8 Å². The van der Waals surface area contributed by atoms with Crippen LogP contribution in [0.25, 0.3) is 0 Å². The first-order valence-corrected chi connectivity index (χ1v) is 5.39. The van der Waals surface area contributed by atoms with Crippen molar-refractivity contribution in [2.24, 2.45) is 0 Å². The molecule has 2 amide bonds. The molecule has 2 N–H and O–H groups in total. The number of carbonyl (C=O) groups is 2. The summed E-state index contributed by atoms with van der Waals surface area (Å²) in [5, 5.41) is 5.45. The summed E-state index contributed by atoms with van der Waals surface area (Å²) in [6, 6.07) is -0.305. The van der Waals surface area contributed by atoms with E-state index in [1.165, 1.54) is 0 Å². The zero-order valence-corrected chi connectivity index (χ0v) is 8.90. The van der Waals surface area contributed by atoms with Crippen molar-refractivity contribution in [1.82, 2.24) is 10.6 Å². The van der Waals surface area contributed by atoms with E-state index in [1.807, 2.05) is 30.4 Å². The van der Waals surface area contributed by atoms with Crippen LogP contribution in [0.2, 0.25) is 0 Å². The maximum Gasteiger partial charge on any atom is 0.249 e. The van der Waals surface area contributed by atoms with Crippen LogP contribution in [0.3, 0.4) is 0 Å². The van der Waals surface area contributed by atoms with Gasteiger partial charge in [0.05, 0.1) is 0 Å². The fourth-order valence-electron chi connectivity index (χ4n) is 1.71. The number of nitrogens with one attached hydrogen (secondary N) is 2. The van der Waals surface area contributed by atoms with Crippen LogP contribution < -0.4 is 10.6 Å². The lowest BCUT2D eigenvalue weighted by Gasteiger charge is -2.23. The Morgan fingerprint density at radius 3 is 3.00 bits per heavy atom. The maximum atomic E-state index is 11.5. The van der Waals surface area contributed by atoms with Gasteiger partial charge >= 0.3 is 0 Å². The summed E-state index contributed by atoms with van der Waals surface area (Å²) in [6.45, 7) is 0. The number of piperidine rings is 1. The van der Waals surface area contributed by atoms with Gasteiger partial charge in [-0.25, -0.2) is 0 Å². The predicted molar refractivity (Wildman–Crippen MR) is 60.3 cm³/mol. The summed E-state index contributed by atoms with van der Waals surface area (Å²) in [7, 11) is 0. The third-order valence-electron chi connectivity index (χ3n) is 2.56. The Balaban J connectivity index is 1.99. The van der Waals surface area contributed by atoms with Crippen molar-refractivity contribution in [2.45, 2.75) is 25.3 Å². The number of rotatable bonds is 2. The number of allylic oxidation sites excluding steroid dienone is 5. The summed E-state index contributed by atoms with van der Waals surface area (Å²) < 4.78 is 0. The molecule has 0 aromatic carbocycles. The average molecular weight is 218 g/mol. The highest BCUT2D eigenvalue weighted by Crippen LogP contribution is 2.08. The average Bonchev–Trinajstić information content (AvgIpc) is 2.51. The minimum absolute atomic E-state index is 0.187. The van der Waals surface area contributed by atoms with Crippen molar-refractivity contribution in [1.29, 1.82) is 0 Å². The Morgan fingerprint density at radius 2 is 2.19 bits per heavy atom. The number of hydrogen-bond acceptors (Lipinski definition) is 3. The molecule has 1 fully saturated rings. The highest BCUT2D eigenvalue weighted by molar-refractivity contribution is 6.00. The summed E-state index contributed by atoms with van der Waals surface area (Å²) in [5.74, 6) is -0.424. The van der Waals surface area contributed by atoms with Crippen LogP contribution in [-0.4, -0.2) is 17.9 Å². The van der Waals surface area contributed by atoms with Crippen molar-refractivity contribution in [3.8, 4) is 0 Å². The van der Waals surface area contributed by atoms with E-state index in [-0.39, 0.29) is 17.9 Å². The topological polar surface area (TPSA) is 58.2 Å². The van der Waals surface area contributed by atoms with Crippen molar-refractivity contribution in [3.05, 3.63) is 36.1 Å². The van der Waals surface area contributed by atoms with Gasteiger partial charge in [0.2, 0.25) is 11.8 Å². The summed E-state index contributed by atoms with van der Waals surface area (Å²) in [5.41, 5.74) is 0.906. The fraction of sp³-hybridized carbons (Fsp3) is 0.333. The molecule has 4 nitrogen and oxygen atoms in total.